The first-order valence-corrected chi connectivity index (χ1v) is 18.0. The molecule has 2 aliphatic heterocycles. The number of hydrogen-bond donors (Lipinski definition) is 6. The van der Waals surface area contributed by atoms with Crippen molar-refractivity contribution in [3.8, 4) is 0 Å². The van der Waals surface area contributed by atoms with Gasteiger partial charge in [-0.1, -0.05) is 66.7 Å². The molecule has 2 aromatic carbocycles. The van der Waals surface area contributed by atoms with Gasteiger partial charge in [-0.25, -0.2) is 24.7 Å². The third-order valence-electron chi connectivity index (χ3n) is 9.68. The molecule has 3 aromatic heterocycles. The number of benzene rings is 2. The summed E-state index contributed by atoms with van der Waals surface area (Å²) >= 11 is 0. The number of aromatic nitrogens is 5. The predicted octanol–water partition coefficient (Wildman–Crippen LogP) is 2.69. The standard InChI is InChI=1S/C38H44N10O5/c1-2-39-36(51)33-31(49)32(50)37(53-33)48-23-43-30-34(41-21-27(24-11-5-3-6-12-24)25-13-7-4-8-14-25)45-28(46-35(30)48)22-42-38(52)44-26-16-19-47(20-17-26)29-15-9-10-18-40-29/h3-15,18,23,26-27,31-33,37,49-50H,2,16-17,19-22H2,1H3,(H,39,51)(H,41,45,46)(H2,42,44,52)/t31-,32+,33-,37+/m0/s1. The van der Waals surface area contributed by atoms with Crippen LogP contribution in [0.25, 0.3) is 11.2 Å². The minimum Gasteiger partial charge on any atom is -0.387 e. The first kappa shape index (κ1) is 35.7. The molecule has 6 N–H and O–H groups in total. The molecule has 53 heavy (non-hydrogen) atoms. The predicted molar refractivity (Wildman–Crippen MR) is 198 cm³/mol. The number of likely N-dealkylation sites (N-methyl/N-ethyl adjacent to an activating group) is 1. The summed E-state index contributed by atoms with van der Waals surface area (Å²) in [5.41, 5.74) is 2.91. The number of fused-ring (bicyclic) bond motifs is 1. The summed E-state index contributed by atoms with van der Waals surface area (Å²) in [7, 11) is 0. The minimum atomic E-state index is -1.47. The molecule has 276 valence electrons. The monoisotopic (exact) mass is 720 g/mol. The normalized spacial score (nSPS) is 20.4. The van der Waals surface area contributed by atoms with E-state index >= 15 is 0 Å². The van der Waals surface area contributed by atoms with Gasteiger partial charge in [0.1, 0.15) is 18.0 Å². The SMILES string of the molecule is CCNC(=O)[C@H]1O[C@@H](n2cnc3c(NCC(c4ccccc4)c4ccccc4)nc(CNC(=O)NC4CCN(c5ccccn5)CC4)nc32)[C@H](O)[C@@H]1O. The van der Waals surface area contributed by atoms with E-state index in [4.69, 9.17) is 14.7 Å². The first-order valence-electron chi connectivity index (χ1n) is 18.0. The molecule has 4 atom stereocenters. The Balaban J connectivity index is 1.12. The lowest BCUT2D eigenvalue weighted by atomic mass is 9.91. The molecule has 0 aliphatic carbocycles. The van der Waals surface area contributed by atoms with Crippen molar-refractivity contribution in [2.75, 3.05) is 36.4 Å². The number of amides is 3. The summed E-state index contributed by atoms with van der Waals surface area (Å²) in [4.78, 5) is 46.5. The second kappa shape index (κ2) is 16.4. The van der Waals surface area contributed by atoms with Crippen LogP contribution in [-0.2, 0) is 16.1 Å². The molecule has 0 bridgehead atoms. The van der Waals surface area contributed by atoms with Crippen molar-refractivity contribution < 1.29 is 24.5 Å². The van der Waals surface area contributed by atoms with Gasteiger partial charge >= 0.3 is 6.03 Å². The van der Waals surface area contributed by atoms with Gasteiger partial charge in [0.25, 0.3) is 5.91 Å². The van der Waals surface area contributed by atoms with E-state index in [2.05, 4.69) is 60.4 Å². The van der Waals surface area contributed by atoms with E-state index in [1.54, 1.807) is 13.1 Å². The molecule has 0 saturated carbocycles. The number of pyridine rings is 1. The Kier molecular flexibility index (Phi) is 11.0. The van der Waals surface area contributed by atoms with Crippen LogP contribution in [0.2, 0.25) is 0 Å². The van der Waals surface area contributed by atoms with Crippen molar-refractivity contribution in [1.29, 1.82) is 0 Å². The quantitative estimate of drug-likeness (QED) is 0.111. The van der Waals surface area contributed by atoms with Gasteiger partial charge in [0, 0.05) is 44.3 Å². The van der Waals surface area contributed by atoms with E-state index in [9.17, 15) is 19.8 Å². The van der Waals surface area contributed by atoms with Gasteiger partial charge < -0.3 is 41.1 Å². The lowest BCUT2D eigenvalue weighted by Crippen LogP contribution is -2.48. The zero-order chi connectivity index (χ0) is 36.7. The van der Waals surface area contributed by atoms with E-state index < -0.39 is 30.4 Å². The molecule has 2 saturated heterocycles. The van der Waals surface area contributed by atoms with Gasteiger partial charge in [-0.3, -0.25) is 9.36 Å². The number of carbonyl (C=O) groups excluding carboxylic acids is 2. The molecule has 5 heterocycles. The highest BCUT2D eigenvalue weighted by molar-refractivity contribution is 5.84. The Morgan fingerprint density at radius 2 is 1.58 bits per heavy atom. The number of aliphatic hydroxyl groups is 2. The lowest BCUT2D eigenvalue weighted by Gasteiger charge is -2.33. The zero-order valence-corrected chi connectivity index (χ0v) is 29.4. The number of urea groups is 1. The Bertz CT molecular complexity index is 1940. The van der Waals surface area contributed by atoms with Crippen LogP contribution in [0.5, 0.6) is 0 Å². The van der Waals surface area contributed by atoms with Crippen LogP contribution in [0.3, 0.4) is 0 Å². The molecular formula is C38H44N10O5. The van der Waals surface area contributed by atoms with Crippen LogP contribution in [0.1, 0.15) is 48.9 Å². The van der Waals surface area contributed by atoms with Crippen LogP contribution >= 0.6 is 0 Å². The van der Waals surface area contributed by atoms with Crippen LogP contribution in [0.15, 0.2) is 91.4 Å². The van der Waals surface area contributed by atoms with Gasteiger partial charge in [-0.05, 0) is 43.0 Å². The molecule has 2 aliphatic rings. The maximum absolute atomic E-state index is 13.1. The van der Waals surface area contributed by atoms with E-state index in [1.807, 2.05) is 54.6 Å². The molecule has 5 aromatic rings. The molecule has 2 fully saturated rings. The zero-order valence-electron chi connectivity index (χ0n) is 29.4. The van der Waals surface area contributed by atoms with Crippen LogP contribution in [0, 0.1) is 0 Å². The van der Waals surface area contributed by atoms with Gasteiger partial charge in [-0.15, -0.1) is 0 Å². The fourth-order valence-corrected chi connectivity index (χ4v) is 6.92. The average Bonchev–Trinajstić information content (AvgIpc) is 3.75. The Morgan fingerprint density at radius 1 is 0.887 bits per heavy atom. The summed E-state index contributed by atoms with van der Waals surface area (Å²) in [5.74, 6) is 1.06. The van der Waals surface area contributed by atoms with Gasteiger partial charge in [0.15, 0.2) is 35.1 Å². The minimum absolute atomic E-state index is 0.00443. The van der Waals surface area contributed by atoms with Crippen molar-refractivity contribution in [3.05, 3.63) is 108 Å². The van der Waals surface area contributed by atoms with Gasteiger partial charge in [0.2, 0.25) is 0 Å². The van der Waals surface area contributed by atoms with Crippen LogP contribution in [0.4, 0.5) is 16.4 Å². The fourth-order valence-electron chi connectivity index (χ4n) is 6.92. The Hall–Kier alpha value is -5.64. The van der Waals surface area contributed by atoms with Crippen molar-refractivity contribution in [1.82, 2.24) is 40.5 Å². The topological polar surface area (TPSA) is 192 Å². The maximum atomic E-state index is 13.1. The van der Waals surface area contributed by atoms with E-state index in [0.29, 0.717) is 30.1 Å². The number of carbonyl (C=O) groups is 2. The summed E-state index contributed by atoms with van der Waals surface area (Å²) in [5, 5.41) is 33.9. The third kappa shape index (κ3) is 8.06. The van der Waals surface area contributed by atoms with Crippen molar-refractivity contribution in [3.63, 3.8) is 0 Å². The third-order valence-corrected chi connectivity index (χ3v) is 9.68. The summed E-state index contributed by atoms with van der Waals surface area (Å²) in [6.07, 6.45) is -0.589. The molecular weight excluding hydrogens is 676 g/mol. The summed E-state index contributed by atoms with van der Waals surface area (Å²) in [6.45, 7) is 4.09. The number of aliphatic hydroxyl groups excluding tert-OH is 2. The Morgan fingerprint density at radius 3 is 2.25 bits per heavy atom. The average molecular weight is 721 g/mol. The number of ether oxygens (including phenoxy) is 1. The smallest absolute Gasteiger partial charge is 0.315 e. The largest absolute Gasteiger partial charge is 0.387 e. The number of imidazole rings is 1. The first-order chi connectivity index (χ1) is 25.9. The second-order valence-electron chi connectivity index (χ2n) is 13.2. The van der Waals surface area contributed by atoms with Crippen LogP contribution in [-0.4, -0.2) is 97.2 Å². The molecule has 0 unspecified atom stereocenters. The number of hydrogen-bond acceptors (Lipinski definition) is 11. The molecule has 0 spiro atoms. The molecule has 15 nitrogen and oxygen atoms in total. The van der Waals surface area contributed by atoms with E-state index in [1.165, 1.54) is 10.9 Å². The number of anilines is 2. The number of piperidine rings is 1. The number of nitrogens with zero attached hydrogens (tertiary/aromatic N) is 6. The molecule has 15 heteroatoms. The van der Waals surface area contributed by atoms with E-state index in [0.717, 1.165) is 42.9 Å². The van der Waals surface area contributed by atoms with Gasteiger partial charge in [0.05, 0.1) is 12.9 Å². The maximum Gasteiger partial charge on any atom is 0.315 e. The molecule has 0 radical (unpaired) electrons. The number of nitrogens with one attached hydrogen (secondary N) is 4. The number of rotatable bonds is 12. The van der Waals surface area contributed by atoms with Crippen LogP contribution < -0.4 is 26.2 Å². The second-order valence-corrected chi connectivity index (χ2v) is 13.2. The lowest BCUT2D eigenvalue weighted by molar-refractivity contribution is -0.137. The van der Waals surface area contributed by atoms with Crippen molar-refractivity contribution in [2.24, 2.45) is 0 Å². The highest BCUT2D eigenvalue weighted by Gasteiger charge is 2.47. The summed E-state index contributed by atoms with van der Waals surface area (Å²) in [6, 6.07) is 25.8. The molecule has 7 rings (SSSR count). The van der Waals surface area contributed by atoms with Gasteiger partial charge in [-0.2, -0.15) is 0 Å². The van der Waals surface area contributed by atoms with E-state index in [-0.39, 0.29) is 30.4 Å². The summed E-state index contributed by atoms with van der Waals surface area (Å²) < 4.78 is 7.39. The van der Waals surface area contributed by atoms with Crippen molar-refractivity contribution in [2.45, 2.75) is 62.8 Å². The molecule has 3 amide bonds. The highest BCUT2D eigenvalue weighted by atomic mass is 16.6. The highest BCUT2D eigenvalue weighted by Crippen LogP contribution is 2.33. The fraction of sp³-hybridized carbons (Fsp3) is 0.368. The Labute approximate surface area is 306 Å². The van der Waals surface area contributed by atoms with Crippen molar-refractivity contribution >= 4 is 34.7 Å².